The van der Waals surface area contributed by atoms with Gasteiger partial charge in [0.25, 0.3) is 0 Å². The molecule has 3 aromatic carbocycles. The molecule has 0 aliphatic carbocycles. The van der Waals surface area contributed by atoms with E-state index < -0.39 is 15.9 Å². The van der Waals surface area contributed by atoms with Crippen LogP contribution in [0.1, 0.15) is 43.2 Å². The monoisotopic (exact) mass is 478 g/mol. The highest BCUT2D eigenvalue weighted by molar-refractivity contribution is 7.89. The number of ether oxygens (including phenoxy) is 1. The topological polar surface area (TPSA) is 75.7 Å². The van der Waals surface area contributed by atoms with Gasteiger partial charge in [-0.3, -0.25) is 4.79 Å². The van der Waals surface area contributed by atoms with Crippen LogP contribution in [-0.2, 0) is 14.8 Å². The molecular weight excluding hydrogens is 448 g/mol. The molecule has 0 aromatic heterocycles. The second-order valence-corrected chi connectivity index (χ2v) is 10.2. The molecule has 0 spiro atoms. The van der Waals surface area contributed by atoms with Crippen LogP contribution in [0, 0.1) is 0 Å². The third-order valence-electron chi connectivity index (χ3n) is 5.97. The van der Waals surface area contributed by atoms with E-state index in [-0.39, 0.29) is 10.8 Å². The van der Waals surface area contributed by atoms with Gasteiger partial charge in [-0.1, -0.05) is 67.1 Å². The number of hydrogen-bond donors (Lipinski definition) is 1. The predicted octanol–water partition coefficient (Wildman–Crippen LogP) is 5.03. The molecule has 1 aliphatic rings. The smallest absolute Gasteiger partial charge is 0.246 e. The highest BCUT2D eigenvalue weighted by Crippen LogP contribution is 2.33. The van der Waals surface area contributed by atoms with Crippen LogP contribution in [0.3, 0.4) is 0 Å². The first-order valence-corrected chi connectivity index (χ1v) is 13.1. The van der Waals surface area contributed by atoms with Crippen LogP contribution < -0.4 is 10.1 Å². The Kier molecular flexibility index (Phi) is 7.65. The van der Waals surface area contributed by atoms with Crippen molar-refractivity contribution in [2.24, 2.45) is 0 Å². The Hall–Kier alpha value is -3.16. The van der Waals surface area contributed by atoms with Crippen LogP contribution in [-0.4, -0.2) is 38.3 Å². The molecule has 0 bridgehead atoms. The SMILES string of the molecule is CCOc1ccc(NC(=O)C(c2ccccc2)c2ccccc2)cc1S(=O)(=O)N1CCCCC1. The summed E-state index contributed by atoms with van der Waals surface area (Å²) in [5, 5.41) is 2.95. The molecule has 4 rings (SSSR count). The zero-order valence-corrected chi connectivity index (χ0v) is 20.1. The minimum absolute atomic E-state index is 0.0880. The minimum atomic E-state index is -3.74. The molecule has 1 aliphatic heterocycles. The predicted molar refractivity (Wildman–Crippen MR) is 134 cm³/mol. The molecule has 0 atom stereocenters. The van der Waals surface area contributed by atoms with Crippen molar-refractivity contribution in [2.45, 2.75) is 37.0 Å². The first kappa shape index (κ1) is 24.0. The number of rotatable bonds is 8. The number of carbonyl (C=O) groups excluding carboxylic acids is 1. The molecule has 1 N–H and O–H groups in total. The highest BCUT2D eigenvalue weighted by atomic mass is 32.2. The zero-order valence-electron chi connectivity index (χ0n) is 19.3. The lowest BCUT2D eigenvalue weighted by Crippen LogP contribution is -2.35. The van der Waals surface area contributed by atoms with Crippen LogP contribution in [0.5, 0.6) is 5.75 Å². The number of carbonyl (C=O) groups is 1. The summed E-state index contributed by atoms with van der Waals surface area (Å²) in [4.78, 5) is 13.6. The lowest BCUT2D eigenvalue weighted by atomic mass is 9.90. The van der Waals surface area contributed by atoms with Crippen LogP contribution in [0.25, 0.3) is 0 Å². The van der Waals surface area contributed by atoms with Crippen molar-refractivity contribution in [3.63, 3.8) is 0 Å². The van der Waals surface area contributed by atoms with Gasteiger partial charge >= 0.3 is 0 Å². The Labute approximate surface area is 201 Å². The Balaban J connectivity index is 1.67. The maximum absolute atomic E-state index is 13.5. The summed E-state index contributed by atoms with van der Waals surface area (Å²) >= 11 is 0. The molecule has 0 unspecified atom stereocenters. The van der Waals surface area contributed by atoms with Crippen molar-refractivity contribution in [2.75, 3.05) is 25.0 Å². The van der Waals surface area contributed by atoms with Gasteiger partial charge in [-0.2, -0.15) is 4.31 Å². The highest BCUT2D eigenvalue weighted by Gasteiger charge is 2.30. The van der Waals surface area contributed by atoms with Crippen LogP contribution >= 0.6 is 0 Å². The number of anilines is 1. The van der Waals surface area contributed by atoms with E-state index in [1.807, 2.05) is 67.6 Å². The fourth-order valence-electron chi connectivity index (χ4n) is 4.31. The van der Waals surface area contributed by atoms with E-state index in [9.17, 15) is 13.2 Å². The summed E-state index contributed by atoms with van der Waals surface area (Å²) in [6, 6.07) is 23.9. The second-order valence-electron chi connectivity index (χ2n) is 8.30. The summed E-state index contributed by atoms with van der Waals surface area (Å²) in [5.41, 5.74) is 2.14. The Morgan fingerprint density at radius 2 is 1.50 bits per heavy atom. The Morgan fingerprint density at radius 1 is 0.912 bits per heavy atom. The van der Waals surface area contributed by atoms with Gasteiger partial charge in [0, 0.05) is 18.8 Å². The molecule has 1 heterocycles. The average molecular weight is 479 g/mol. The summed E-state index contributed by atoms with van der Waals surface area (Å²) in [6.07, 6.45) is 2.71. The van der Waals surface area contributed by atoms with Gasteiger partial charge in [-0.15, -0.1) is 0 Å². The zero-order chi connectivity index (χ0) is 24.0. The van der Waals surface area contributed by atoms with Gasteiger partial charge < -0.3 is 10.1 Å². The van der Waals surface area contributed by atoms with Gasteiger partial charge in [-0.25, -0.2) is 8.42 Å². The molecule has 0 saturated carbocycles. The van der Waals surface area contributed by atoms with Crippen molar-refractivity contribution in [3.05, 3.63) is 90.0 Å². The summed E-state index contributed by atoms with van der Waals surface area (Å²) in [7, 11) is -3.74. The maximum Gasteiger partial charge on any atom is 0.246 e. The number of hydrogen-bond acceptors (Lipinski definition) is 4. The molecule has 7 heteroatoms. The number of benzene rings is 3. The van der Waals surface area contributed by atoms with Gasteiger partial charge in [0.15, 0.2) is 0 Å². The lowest BCUT2D eigenvalue weighted by Gasteiger charge is -2.27. The van der Waals surface area contributed by atoms with Gasteiger partial charge in [0.1, 0.15) is 10.6 Å². The van der Waals surface area contributed by atoms with E-state index in [4.69, 9.17) is 4.74 Å². The second kappa shape index (κ2) is 10.8. The van der Waals surface area contributed by atoms with E-state index in [0.29, 0.717) is 31.1 Å². The average Bonchev–Trinajstić information content (AvgIpc) is 2.87. The van der Waals surface area contributed by atoms with E-state index in [0.717, 1.165) is 30.4 Å². The van der Waals surface area contributed by atoms with Crippen molar-refractivity contribution in [1.82, 2.24) is 4.31 Å². The van der Waals surface area contributed by atoms with Gasteiger partial charge in [-0.05, 0) is 49.1 Å². The molecule has 6 nitrogen and oxygen atoms in total. The van der Waals surface area contributed by atoms with Gasteiger partial charge in [0.05, 0.1) is 12.5 Å². The molecular formula is C27H30N2O4S. The molecule has 1 amide bonds. The molecule has 1 saturated heterocycles. The molecule has 34 heavy (non-hydrogen) atoms. The summed E-state index contributed by atoms with van der Waals surface area (Å²) < 4.78 is 34.0. The number of nitrogens with one attached hydrogen (secondary N) is 1. The maximum atomic E-state index is 13.5. The van der Waals surface area contributed by atoms with Gasteiger partial charge in [0.2, 0.25) is 15.9 Å². The summed E-state index contributed by atoms with van der Waals surface area (Å²) in [6.45, 7) is 3.15. The van der Waals surface area contributed by atoms with E-state index in [1.54, 1.807) is 12.1 Å². The quantitative estimate of drug-likeness (QED) is 0.493. The first-order chi connectivity index (χ1) is 16.5. The fourth-order valence-corrected chi connectivity index (χ4v) is 5.98. The largest absolute Gasteiger partial charge is 0.492 e. The van der Waals surface area contributed by atoms with Crippen molar-refractivity contribution < 1.29 is 17.9 Å². The fraction of sp³-hybridized carbons (Fsp3) is 0.296. The van der Waals surface area contributed by atoms with Crippen molar-refractivity contribution in [1.29, 1.82) is 0 Å². The summed E-state index contributed by atoms with van der Waals surface area (Å²) in [5.74, 6) is -0.465. The Morgan fingerprint density at radius 3 is 2.06 bits per heavy atom. The number of piperidine rings is 1. The van der Waals surface area contributed by atoms with Crippen molar-refractivity contribution >= 4 is 21.6 Å². The lowest BCUT2D eigenvalue weighted by molar-refractivity contribution is -0.116. The van der Waals surface area contributed by atoms with E-state index in [1.165, 1.54) is 10.4 Å². The number of nitrogens with zero attached hydrogens (tertiary/aromatic N) is 1. The Bertz CT molecular complexity index is 1170. The van der Waals surface area contributed by atoms with Crippen LogP contribution in [0.15, 0.2) is 83.8 Å². The normalized spacial score (nSPS) is 14.6. The molecule has 1 fully saturated rings. The third kappa shape index (κ3) is 5.32. The third-order valence-corrected chi connectivity index (χ3v) is 7.89. The minimum Gasteiger partial charge on any atom is -0.492 e. The molecule has 3 aromatic rings. The van der Waals surface area contributed by atoms with Crippen LogP contribution in [0.4, 0.5) is 5.69 Å². The molecule has 0 radical (unpaired) electrons. The van der Waals surface area contributed by atoms with Crippen LogP contribution in [0.2, 0.25) is 0 Å². The molecule has 178 valence electrons. The van der Waals surface area contributed by atoms with Crippen molar-refractivity contribution in [3.8, 4) is 5.75 Å². The van der Waals surface area contributed by atoms with E-state index >= 15 is 0 Å². The first-order valence-electron chi connectivity index (χ1n) is 11.7. The van der Waals surface area contributed by atoms with E-state index in [2.05, 4.69) is 5.32 Å². The standard InChI is InChI=1S/C27H30N2O4S/c1-2-33-24-17-16-23(20-25(24)34(31,32)29-18-10-5-11-19-29)28-27(30)26(21-12-6-3-7-13-21)22-14-8-4-9-15-22/h3-4,6-9,12-17,20,26H,2,5,10-11,18-19H2,1H3,(H,28,30). The number of sulfonamides is 1. The number of amides is 1.